The van der Waals surface area contributed by atoms with Crippen molar-refractivity contribution in [1.29, 1.82) is 0 Å². The highest BCUT2D eigenvalue weighted by atomic mass is 16.1. The number of fused-ring (bicyclic) bond motifs is 2. The minimum absolute atomic E-state index is 0.00273. The molecule has 5 nitrogen and oxygen atoms in total. The molecule has 3 rings (SSSR count). The minimum atomic E-state index is -0.386. The van der Waals surface area contributed by atoms with E-state index in [1.54, 1.807) is 24.3 Å². The fraction of sp³-hybridized carbons (Fsp3) is 0. The monoisotopic (exact) mass is 266 g/mol. The van der Waals surface area contributed by atoms with E-state index in [0.29, 0.717) is 11.8 Å². The van der Waals surface area contributed by atoms with Gasteiger partial charge in [0.25, 0.3) is 0 Å². The zero-order valence-electron chi connectivity index (χ0n) is 10.3. The van der Waals surface area contributed by atoms with Crippen LogP contribution in [0.5, 0.6) is 0 Å². The molecule has 4 N–H and O–H groups in total. The molecule has 0 atom stereocenters. The van der Waals surface area contributed by atoms with Crippen LogP contribution in [-0.2, 0) is 0 Å². The third kappa shape index (κ3) is 1.40. The second-order valence-corrected chi connectivity index (χ2v) is 4.54. The molecule has 0 radical (unpaired) electrons. The Morgan fingerprint density at radius 3 is 2.00 bits per heavy atom. The van der Waals surface area contributed by atoms with E-state index in [4.69, 9.17) is 11.5 Å². The molecule has 0 aliphatic heterocycles. The van der Waals surface area contributed by atoms with Crippen LogP contribution in [0.3, 0.4) is 0 Å². The van der Waals surface area contributed by atoms with Gasteiger partial charge in [0.05, 0.1) is 16.8 Å². The van der Waals surface area contributed by atoms with Crippen molar-refractivity contribution in [1.82, 2.24) is 0 Å². The van der Waals surface area contributed by atoms with Crippen molar-refractivity contribution in [2.45, 2.75) is 0 Å². The van der Waals surface area contributed by atoms with Crippen molar-refractivity contribution in [3.63, 3.8) is 0 Å². The number of nitrogen functional groups attached to an aromatic ring is 2. The molecular weight excluding hydrogens is 256 g/mol. The van der Waals surface area contributed by atoms with Gasteiger partial charge in [0, 0.05) is 22.4 Å². The summed E-state index contributed by atoms with van der Waals surface area (Å²) in [7, 11) is 0. The quantitative estimate of drug-likeness (QED) is 0.512. The first-order chi connectivity index (χ1) is 9.56. The molecule has 0 fully saturated rings. The molecule has 98 valence electrons. The van der Waals surface area contributed by atoms with Crippen LogP contribution in [0.1, 0.15) is 42.2 Å². The summed E-state index contributed by atoms with van der Waals surface area (Å²) in [5.74, 6) is -0.736. The maximum Gasteiger partial charge on any atom is 0.196 e. The number of carbonyl (C=O) groups excluding carboxylic acids is 3. The van der Waals surface area contributed by atoms with Crippen LogP contribution >= 0.6 is 0 Å². The lowest BCUT2D eigenvalue weighted by Crippen LogP contribution is -2.24. The Hall–Kier alpha value is -2.95. The van der Waals surface area contributed by atoms with Gasteiger partial charge < -0.3 is 11.5 Å². The first kappa shape index (κ1) is 12.1. The number of rotatable bonds is 1. The van der Waals surface area contributed by atoms with Crippen LogP contribution in [0.4, 0.5) is 11.4 Å². The molecule has 1 aliphatic carbocycles. The summed E-state index contributed by atoms with van der Waals surface area (Å²) in [6.07, 6.45) is 0.518. The van der Waals surface area contributed by atoms with E-state index in [1.165, 1.54) is 6.07 Å². The minimum Gasteiger partial charge on any atom is -0.398 e. The number of ketones is 2. The van der Waals surface area contributed by atoms with Crippen LogP contribution in [-0.4, -0.2) is 17.9 Å². The number of nitrogens with two attached hydrogens (primary N) is 2. The standard InChI is InChI=1S/C15H10N2O3/c16-10-5-7(6-18)13(17)12-11(10)14(19)8-3-1-2-4-9(8)15(12)20/h1-6H,16-17H2. The van der Waals surface area contributed by atoms with E-state index in [9.17, 15) is 14.4 Å². The Morgan fingerprint density at radius 2 is 1.45 bits per heavy atom. The van der Waals surface area contributed by atoms with Gasteiger partial charge in [-0.1, -0.05) is 24.3 Å². The van der Waals surface area contributed by atoms with Gasteiger partial charge in [-0.2, -0.15) is 0 Å². The Balaban J connectivity index is 2.42. The van der Waals surface area contributed by atoms with Crippen molar-refractivity contribution >= 4 is 29.2 Å². The molecule has 1 aliphatic rings. The van der Waals surface area contributed by atoms with Crippen LogP contribution in [0.25, 0.3) is 0 Å². The van der Waals surface area contributed by atoms with Gasteiger partial charge in [0.2, 0.25) is 0 Å². The highest BCUT2D eigenvalue weighted by Gasteiger charge is 2.33. The van der Waals surface area contributed by atoms with Crippen LogP contribution in [0.15, 0.2) is 30.3 Å². The summed E-state index contributed by atoms with van der Waals surface area (Å²) in [5, 5.41) is 0. The van der Waals surface area contributed by atoms with E-state index in [2.05, 4.69) is 0 Å². The van der Waals surface area contributed by atoms with Crippen molar-refractivity contribution in [2.75, 3.05) is 11.5 Å². The number of carbonyl (C=O) groups is 3. The molecule has 2 aromatic carbocycles. The lowest BCUT2D eigenvalue weighted by atomic mass is 9.81. The smallest absolute Gasteiger partial charge is 0.196 e. The first-order valence-corrected chi connectivity index (χ1v) is 5.91. The number of hydrogen-bond donors (Lipinski definition) is 2. The summed E-state index contributed by atoms with van der Waals surface area (Å²) in [6.45, 7) is 0. The van der Waals surface area contributed by atoms with Gasteiger partial charge in [0.1, 0.15) is 0 Å². The third-order valence-electron chi connectivity index (χ3n) is 3.43. The van der Waals surface area contributed by atoms with Gasteiger partial charge in [0.15, 0.2) is 17.9 Å². The maximum atomic E-state index is 12.5. The second kappa shape index (κ2) is 4.03. The molecule has 20 heavy (non-hydrogen) atoms. The van der Waals surface area contributed by atoms with Crippen molar-refractivity contribution < 1.29 is 14.4 Å². The Bertz CT molecular complexity index is 794. The number of benzene rings is 2. The summed E-state index contributed by atoms with van der Waals surface area (Å²) in [6, 6.07) is 7.79. The summed E-state index contributed by atoms with van der Waals surface area (Å²) < 4.78 is 0. The number of aldehydes is 1. The zero-order valence-corrected chi connectivity index (χ0v) is 10.3. The van der Waals surface area contributed by atoms with E-state index >= 15 is 0 Å². The molecule has 0 saturated carbocycles. The summed E-state index contributed by atoms with van der Waals surface area (Å²) in [5.41, 5.74) is 12.5. The SMILES string of the molecule is Nc1cc(C=O)c(N)c2c1C(=O)c1ccccc1C2=O. The molecule has 0 unspecified atom stereocenters. The van der Waals surface area contributed by atoms with Gasteiger partial charge in [-0.25, -0.2) is 0 Å². The third-order valence-corrected chi connectivity index (χ3v) is 3.43. The van der Waals surface area contributed by atoms with Crippen molar-refractivity contribution in [2.24, 2.45) is 0 Å². The fourth-order valence-corrected chi connectivity index (χ4v) is 2.47. The van der Waals surface area contributed by atoms with Crippen LogP contribution < -0.4 is 11.5 Å². The normalized spacial score (nSPS) is 12.8. The molecular formula is C15H10N2O3. The molecule has 2 aromatic rings. The molecule has 0 spiro atoms. The average Bonchev–Trinajstić information content (AvgIpc) is 2.46. The molecule has 0 aromatic heterocycles. The number of hydrogen-bond acceptors (Lipinski definition) is 5. The van der Waals surface area contributed by atoms with Gasteiger partial charge in [-0.3, -0.25) is 14.4 Å². The predicted molar refractivity (Wildman–Crippen MR) is 74.0 cm³/mol. The second-order valence-electron chi connectivity index (χ2n) is 4.54. The zero-order chi connectivity index (χ0) is 14.4. The predicted octanol–water partition coefficient (Wildman–Crippen LogP) is 1.44. The molecule has 0 saturated heterocycles. The van der Waals surface area contributed by atoms with Gasteiger partial charge in [-0.15, -0.1) is 0 Å². The fourth-order valence-electron chi connectivity index (χ4n) is 2.47. The highest BCUT2D eigenvalue weighted by molar-refractivity contribution is 6.32. The largest absolute Gasteiger partial charge is 0.398 e. The van der Waals surface area contributed by atoms with Crippen molar-refractivity contribution in [3.05, 3.63) is 58.1 Å². The average molecular weight is 266 g/mol. The van der Waals surface area contributed by atoms with Crippen LogP contribution in [0.2, 0.25) is 0 Å². The van der Waals surface area contributed by atoms with Crippen molar-refractivity contribution in [3.8, 4) is 0 Å². The molecule has 0 bridgehead atoms. The van der Waals surface area contributed by atoms with E-state index in [1.807, 2.05) is 0 Å². The Kier molecular flexibility index (Phi) is 2.44. The highest BCUT2D eigenvalue weighted by Crippen LogP contribution is 2.35. The van der Waals surface area contributed by atoms with E-state index in [0.717, 1.165) is 0 Å². The van der Waals surface area contributed by atoms with E-state index < -0.39 is 0 Å². The van der Waals surface area contributed by atoms with Gasteiger partial charge in [-0.05, 0) is 6.07 Å². The van der Waals surface area contributed by atoms with Gasteiger partial charge >= 0.3 is 0 Å². The first-order valence-electron chi connectivity index (χ1n) is 5.91. The maximum absolute atomic E-state index is 12.5. The Morgan fingerprint density at radius 1 is 0.900 bits per heavy atom. The lowest BCUT2D eigenvalue weighted by Gasteiger charge is -2.21. The number of anilines is 2. The molecule has 0 amide bonds. The molecule has 5 heteroatoms. The Labute approximate surface area is 114 Å². The summed E-state index contributed by atoms with van der Waals surface area (Å²) >= 11 is 0. The molecule has 0 heterocycles. The summed E-state index contributed by atoms with van der Waals surface area (Å²) in [4.78, 5) is 35.9. The lowest BCUT2D eigenvalue weighted by molar-refractivity contribution is 0.0980. The van der Waals surface area contributed by atoms with E-state index in [-0.39, 0.29) is 45.2 Å². The van der Waals surface area contributed by atoms with Crippen LogP contribution in [0, 0.1) is 0 Å². The topological polar surface area (TPSA) is 103 Å².